The number of thioether (sulfide) groups is 1. The third-order valence-electron chi connectivity index (χ3n) is 5.91. The summed E-state index contributed by atoms with van der Waals surface area (Å²) in [5.41, 5.74) is 4.39. The van der Waals surface area contributed by atoms with Crippen LogP contribution in [0.25, 0.3) is 16.9 Å². The molecule has 192 valence electrons. The number of aliphatic carboxylic acids is 1. The Morgan fingerprint density at radius 3 is 2.32 bits per heavy atom. The Kier molecular flexibility index (Phi) is 7.59. The number of hydrogen-bond donors (Lipinski definition) is 3. The molecule has 7 nitrogen and oxygen atoms in total. The van der Waals surface area contributed by atoms with E-state index in [2.05, 4.69) is 43.5 Å². The van der Waals surface area contributed by atoms with Crippen LogP contribution in [0.15, 0.2) is 71.8 Å². The Morgan fingerprint density at radius 1 is 1.05 bits per heavy atom. The van der Waals surface area contributed by atoms with Crippen molar-refractivity contribution in [2.75, 3.05) is 11.6 Å². The van der Waals surface area contributed by atoms with Crippen LogP contribution in [-0.4, -0.2) is 38.2 Å². The van der Waals surface area contributed by atoms with E-state index < -0.39 is 12.0 Å². The molecule has 3 N–H and O–H groups in total. The second-order valence-corrected chi connectivity index (χ2v) is 11.0. The van der Waals surface area contributed by atoms with Gasteiger partial charge in [0.05, 0.1) is 12.5 Å². The van der Waals surface area contributed by atoms with Crippen LogP contribution in [0.3, 0.4) is 0 Å². The number of carbonyl (C=O) groups is 2. The van der Waals surface area contributed by atoms with Gasteiger partial charge >= 0.3 is 5.97 Å². The smallest absolute Gasteiger partial charge is 0.305 e. The number of carboxylic acid groups (broad SMARTS) is 1. The molecule has 0 radical (unpaired) electrons. The first-order valence-electron chi connectivity index (χ1n) is 12.1. The van der Waals surface area contributed by atoms with E-state index in [9.17, 15) is 14.7 Å². The number of anilines is 1. The standard InChI is InChI=1S/C29H32N4O3S/c1-18-6-8-19(9-7-18)23(17-25(34)35)30-28(36)21-14-15-33-24(16-21)31-26(27(33)32-29(2,3)4)20-10-12-22(37-5)13-11-20/h6-16,23,32H,17H2,1-5H3,(H,30,36)(H,34,35). The number of amides is 1. The van der Waals surface area contributed by atoms with Crippen molar-refractivity contribution in [1.82, 2.24) is 14.7 Å². The maximum absolute atomic E-state index is 13.2. The number of hydrogen-bond acceptors (Lipinski definition) is 5. The third kappa shape index (κ3) is 6.32. The minimum Gasteiger partial charge on any atom is -0.481 e. The van der Waals surface area contributed by atoms with Gasteiger partial charge in [-0.25, -0.2) is 4.98 Å². The summed E-state index contributed by atoms with van der Waals surface area (Å²) in [6.45, 7) is 8.22. The Morgan fingerprint density at radius 2 is 1.73 bits per heavy atom. The zero-order valence-electron chi connectivity index (χ0n) is 21.7. The second-order valence-electron chi connectivity index (χ2n) is 10.1. The molecular formula is C29H32N4O3S. The predicted octanol–water partition coefficient (Wildman–Crippen LogP) is 6.19. The fourth-order valence-electron chi connectivity index (χ4n) is 4.08. The molecule has 1 amide bonds. The highest BCUT2D eigenvalue weighted by Crippen LogP contribution is 2.32. The monoisotopic (exact) mass is 516 g/mol. The van der Waals surface area contributed by atoms with Crippen LogP contribution in [0, 0.1) is 6.92 Å². The zero-order chi connectivity index (χ0) is 26.7. The number of carbonyl (C=O) groups excluding carboxylic acids is 1. The van der Waals surface area contributed by atoms with Gasteiger partial charge < -0.3 is 15.7 Å². The van der Waals surface area contributed by atoms with Gasteiger partial charge in [-0.2, -0.15) is 0 Å². The number of aromatic nitrogens is 2. The lowest BCUT2D eigenvalue weighted by Gasteiger charge is -2.22. The van der Waals surface area contributed by atoms with Gasteiger partial charge in [-0.3, -0.25) is 14.0 Å². The number of rotatable bonds is 8. The maximum Gasteiger partial charge on any atom is 0.305 e. The van der Waals surface area contributed by atoms with Crippen LogP contribution in [0.2, 0.25) is 0 Å². The van der Waals surface area contributed by atoms with E-state index in [0.717, 1.165) is 28.2 Å². The third-order valence-corrected chi connectivity index (χ3v) is 6.65. The van der Waals surface area contributed by atoms with Crippen molar-refractivity contribution >= 4 is 35.1 Å². The normalized spacial score (nSPS) is 12.4. The second kappa shape index (κ2) is 10.7. The number of carboxylic acids is 1. The van der Waals surface area contributed by atoms with Crippen molar-refractivity contribution in [1.29, 1.82) is 0 Å². The highest BCUT2D eigenvalue weighted by atomic mass is 32.2. The largest absolute Gasteiger partial charge is 0.481 e. The van der Waals surface area contributed by atoms with Crippen molar-refractivity contribution in [3.05, 3.63) is 83.6 Å². The highest BCUT2D eigenvalue weighted by Gasteiger charge is 2.22. The minimum absolute atomic E-state index is 0.210. The summed E-state index contributed by atoms with van der Waals surface area (Å²) < 4.78 is 1.94. The quantitative estimate of drug-likeness (QED) is 0.242. The van der Waals surface area contributed by atoms with Crippen LogP contribution in [0.1, 0.15) is 54.7 Å². The average Bonchev–Trinajstić information content (AvgIpc) is 3.20. The van der Waals surface area contributed by atoms with E-state index in [-0.39, 0.29) is 17.9 Å². The van der Waals surface area contributed by atoms with Gasteiger partial charge in [0, 0.05) is 27.8 Å². The SMILES string of the molecule is CSc1ccc(-c2nc3cc(C(=O)NC(CC(=O)O)c4ccc(C)cc4)ccn3c2NC(C)(C)C)cc1. The first kappa shape index (κ1) is 26.3. The van der Waals surface area contributed by atoms with Gasteiger partial charge in [0.1, 0.15) is 17.2 Å². The molecule has 8 heteroatoms. The Bertz CT molecular complexity index is 1420. The molecule has 2 heterocycles. The highest BCUT2D eigenvalue weighted by molar-refractivity contribution is 7.98. The molecule has 4 aromatic rings. The molecule has 2 aromatic carbocycles. The number of fused-ring (bicyclic) bond motifs is 1. The first-order valence-corrected chi connectivity index (χ1v) is 13.3. The summed E-state index contributed by atoms with van der Waals surface area (Å²) in [6, 6.07) is 18.6. The van der Waals surface area contributed by atoms with Crippen LogP contribution in [0.5, 0.6) is 0 Å². The van der Waals surface area contributed by atoms with Gasteiger partial charge in [-0.05, 0) is 63.8 Å². The minimum atomic E-state index is -0.982. The maximum atomic E-state index is 13.2. The van der Waals surface area contributed by atoms with Gasteiger partial charge in [0.2, 0.25) is 0 Å². The van der Waals surface area contributed by atoms with Crippen molar-refractivity contribution < 1.29 is 14.7 Å². The van der Waals surface area contributed by atoms with Crippen LogP contribution in [-0.2, 0) is 4.79 Å². The lowest BCUT2D eigenvalue weighted by molar-refractivity contribution is -0.137. The summed E-state index contributed by atoms with van der Waals surface area (Å²) >= 11 is 1.68. The summed E-state index contributed by atoms with van der Waals surface area (Å²) in [4.78, 5) is 30.8. The summed E-state index contributed by atoms with van der Waals surface area (Å²) in [5, 5.41) is 15.9. The van der Waals surface area contributed by atoms with Crippen molar-refractivity contribution in [3.8, 4) is 11.3 Å². The van der Waals surface area contributed by atoms with E-state index in [1.807, 2.05) is 60.2 Å². The number of imidazole rings is 1. The number of nitrogens with one attached hydrogen (secondary N) is 2. The Hall–Kier alpha value is -3.78. The molecule has 0 saturated heterocycles. The van der Waals surface area contributed by atoms with Gasteiger partial charge in [-0.1, -0.05) is 42.0 Å². The van der Waals surface area contributed by atoms with E-state index in [0.29, 0.717) is 11.2 Å². The fourth-order valence-corrected chi connectivity index (χ4v) is 4.49. The van der Waals surface area contributed by atoms with Crippen LogP contribution >= 0.6 is 11.8 Å². The molecule has 0 aliphatic carbocycles. The van der Waals surface area contributed by atoms with Gasteiger partial charge in [0.25, 0.3) is 5.91 Å². The lowest BCUT2D eigenvalue weighted by atomic mass is 10.0. The number of benzene rings is 2. The van der Waals surface area contributed by atoms with Gasteiger partial charge in [0.15, 0.2) is 0 Å². The molecule has 1 atom stereocenters. The number of nitrogens with zero attached hydrogens (tertiary/aromatic N) is 2. The molecule has 4 rings (SSSR count). The number of aryl methyl sites for hydroxylation is 1. The summed E-state index contributed by atoms with van der Waals surface area (Å²) in [7, 11) is 0. The molecular weight excluding hydrogens is 484 g/mol. The zero-order valence-corrected chi connectivity index (χ0v) is 22.5. The molecule has 0 aliphatic rings. The molecule has 1 unspecified atom stereocenters. The molecule has 37 heavy (non-hydrogen) atoms. The number of pyridine rings is 1. The van der Waals surface area contributed by atoms with Crippen molar-refractivity contribution in [2.45, 2.75) is 50.6 Å². The van der Waals surface area contributed by atoms with E-state index in [4.69, 9.17) is 4.98 Å². The van der Waals surface area contributed by atoms with Gasteiger partial charge in [-0.15, -0.1) is 11.8 Å². The molecule has 0 aliphatic heterocycles. The summed E-state index contributed by atoms with van der Waals surface area (Å²) in [5.74, 6) is -0.493. The van der Waals surface area contributed by atoms with E-state index in [1.54, 1.807) is 23.9 Å². The van der Waals surface area contributed by atoms with Crippen LogP contribution in [0.4, 0.5) is 5.82 Å². The predicted molar refractivity (Wildman–Crippen MR) is 149 cm³/mol. The molecule has 0 spiro atoms. The molecule has 0 saturated carbocycles. The van der Waals surface area contributed by atoms with E-state index in [1.165, 1.54) is 4.90 Å². The van der Waals surface area contributed by atoms with Crippen molar-refractivity contribution in [2.24, 2.45) is 0 Å². The Labute approximate surface area is 221 Å². The van der Waals surface area contributed by atoms with E-state index >= 15 is 0 Å². The average molecular weight is 517 g/mol. The first-order chi connectivity index (χ1) is 17.5. The summed E-state index contributed by atoms with van der Waals surface area (Å²) in [6.07, 6.45) is 3.65. The van der Waals surface area contributed by atoms with Crippen LogP contribution < -0.4 is 10.6 Å². The molecule has 0 bridgehead atoms. The fraction of sp³-hybridized carbons (Fsp3) is 0.276. The Balaban J connectivity index is 1.70. The molecule has 0 fully saturated rings. The topological polar surface area (TPSA) is 95.7 Å². The van der Waals surface area contributed by atoms with Crippen molar-refractivity contribution in [3.63, 3.8) is 0 Å². The molecule has 2 aromatic heterocycles. The lowest BCUT2D eigenvalue weighted by Crippen LogP contribution is -2.30.